The number of hydrogen-bond donors (Lipinski definition) is 1. The predicted molar refractivity (Wildman–Crippen MR) is 73.6 cm³/mol. The van der Waals surface area contributed by atoms with Gasteiger partial charge < -0.3 is 5.32 Å². The molecule has 0 aliphatic heterocycles. The summed E-state index contributed by atoms with van der Waals surface area (Å²) in [5.41, 5.74) is 0. The first-order valence-corrected chi connectivity index (χ1v) is 6.82. The molecule has 0 aliphatic carbocycles. The Morgan fingerprint density at radius 1 is 1.38 bits per heavy atom. The van der Waals surface area contributed by atoms with Crippen LogP contribution in [-0.2, 0) is 6.54 Å². The van der Waals surface area contributed by atoms with Crippen LogP contribution in [0.1, 0.15) is 4.88 Å². The highest BCUT2D eigenvalue weighted by Crippen LogP contribution is 2.32. The lowest BCUT2D eigenvalue weighted by atomic mass is 10.4. The van der Waals surface area contributed by atoms with Crippen molar-refractivity contribution in [3.63, 3.8) is 0 Å². The number of pyridine rings is 1. The summed E-state index contributed by atoms with van der Waals surface area (Å²) in [7, 11) is 0. The van der Waals surface area contributed by atoms with E-state index in [-0.39, 0.29) is 0 Å². The molecule has 2 nitrogen and oxygen atoms in total. The molecule has 84 valence electrons. The Bertz CT molecular complexity index is 482. The summed E-state index contributed by atoms with van der Waals surface area (Å²) in [5, 5.41) is 3.66. The first-order valence-electron chi connectivity index (χ1n) is 4.45. The van der Waals surface area contributed by atoms with Crippen molar-refractivity contribution in [3.8, 4) is 0 Å². The number of nitrogens with one attached hydrogen (secondary N) is 1. The van der Waals surface area contributed by atoms with Crippen LogP contribution in [0.3, 0.4) is 0 Å². The van der Waals surface area contributed by atoms with E-state index >= 15 is 0 Å². The summed E-state index contributed by atoms with van der Waals surface area (Å²) >= 11 is 16.6. The molecule has 1 N–H and O–H groups in total. The Labute approximate surface area is 116 Å². The van der Waals surface area contributed by atoms with E-state index in [4.69, 9.17) is 23.2 Å². The van der Waals surface area contributed by atoms with Gasteiger partial charge in [-0.25, -0.2) is 4.98 Å². The van der Waals surface area contributed by atoms with Gasteiger partial charge in [0, 0.05) is 9.35 Å². The lowest BCUT2D eigenvalue weighted by Crippen LogP contribution is -1.99. The largest absolute Gasteiger partial charge is 0.365 e. The molecule has 0 saturated heterocycles. The molecule has 0 aromatic carbocycles. The Kier molecular flexibility index (Phi) is 4.08. The van der Waals surface area contributed by atoms with E-state index in [1.807, 2.05) is 18.2 Å². The lowest BCUT2D eigenvalue weighted by molar-refractivity contribution is 1.14. The van der Waals surface area contributed by atoms with Crippen molar-refractivity contribution in [2.45, 2.75) is 6.54 Å². The van der Waals surface area contributed by atoms with Crippen molar-refractivity contribution in [2.24, 2.45) is 0 Å². The molecule has 2 rings (SSSR count). The van der Waals surface area contributed by atoms with Crippen molar-refractivity contribution in [3.05, 3.63) is 43.1 Å². The fraction of sp³-hybridized carbons (Fsp3) is 0.100. The second-order valence-corrected chi connectivity index (χ2v) is 6.01. The van der Waals surface area contributed by atoms with Crippen molar-refractivity contribution in [2.75, 3.05) is 5.32 Å². The monoisotopic (exact) mass is 336 g/mol. The number of thiophene rings is 1. The Morgan fingerprint density at radius 3 is 2.81 bits per heavy atom. The van der Waals surface area contributed by atoms with E-state index in [1.54, 1.807) is 6.07 Å². The fourth-order valence-electron chi connectivity index (χ4n) is 1.16. The molecule has 0 aliphatic rings. The fourth-order valence-corrected chi connectivity index (χ4v) is 3.06. The van der Waals surface area contributed by atoms with E-state index in [0.29, 0.717) is 11.7 Å². The van der Waals surface area contributed by atoms with E-state index in [9.17, 15) is 0 Å². The van der Waals surface area contributed by atoms with Crippen LogP contribution in [0.15, 0.2) is 28.7 Å². The molecule has 6 heteroatoms. The highest BCUT2D eigenvalue weighted by atomic mass is 79.9. The zero-order valence-electron chi connectivity index (χ0n) is 8.01. The van der Waals surface area contributed by atoms with E-state index in [2.05, 4.69) is 26.2 Å². The maximum Gasteiger partial charge on any atom is 0.131 e. The van der Waals surface area contributed by atoms with E-state index in [0.717, 1.165) is 19.5 Å². The van der Waals surface area contributed by atoms with Gasteiger partial charge in [-0.3, -0.25) is 0 Å². The van der Waals surface area contributed by atoms with Crippen LogP contribution in [0, 0.1) is 0 Å². The second-order valence-electron chi connectivity index (χ2n) is 3.03. The van der Waals surface area contributed by atoms with Gasteiger partial charge in [0.1, 0.15) is 15.3 Å². The van der Waals surface area contributed by atoms with Gasteiger partial charge in [-0.2, -0.15) is 0 Å². The summed E-state index contributed by atoms with van der Waals surface area (Å²) in [6.45, 7) is 0.684. The van der Waals surface area contributed by atoms with Gasteiger partial charge in [0.05, 0.1) is 6.54 Å². The quantitative estimate of drug-likeness (QED) is 0.812. The molecule has 16 heavy (non-hydrogen) atoms. The van der Waals surface area contributed by atoms with Gasteiger partial charge >= 0.3 is 0 Å². The summed E-state index contributed by atoms with van der Waals surface area (Å²) in [5.74, 6) is 0.758. The van der Waals surface area contributed by atoms with Gasteiger partial charge in [0.2, 0.25) is 0 Å². The van der Waals surface area contributed by atoms with Gasteiger partial charge in [0.25, 0.3) is 0 Å². The number of rotatable bonds is 3. The van der Waals surface area contributed by atoms with Crippen LogP contribution >= 0.6 is 50.5 Å². The van der Waals surface area contributed by atoms with Crippen LogP contribution < -0.4 is 5.32 Å². The van der Waals surface area contributed by atoms with Gasteiger partial charge in [-0.1, -0.05) is 29.3 Å². The number of nitrogens with zero attached hydrogens (tertiary/aromatic N) is 1. The number of aromatic nitrogens is 1. The topological polar surface area (TPSA) is 24.9 Å². The van der Waals surface area contributed by atoms with Crippen LogP contribution in [0.25, 0.3) is 0 Å². The zero-order valence-corrected chi connectivity index (χ0v) is 11.9. The van der Waals surface area contributed by atoms with E-state index in [1.165, 1.54) is 11.3 Å². The summed E-state index contributed by atoms with van der Waals surface area (Å²) in [4.78, 5) is 5.27. The normalized spacial score (nSPS) is 10.4. The number of halogens is 3. The van der Waals surface area contributed by atoms with Gasteiger partial charge in [0.15, 0.2) is 0 Å². The highest BCUT2D eigenvalue weighted by molar-refractivity contribution is 9.10. The van der Waals surface area contributed by atoms with Crippen LogP contribution in [0.2, 0.25) is 9.49 Å². The standard InChI is InChI=1S/C10H7BrCl2N2S/c11-7-4-6(16-10(7)13)5-14-9-3-1-2-8(12)15-9/h1-4H,5H2,(H,14,15). The first-order chi connectivity index (χ1) is 7.65. The van der Waals surface area contributed by atoms with Crippen molar-refractivity contribution >= 4 is 56.3 Å². The molecular weight excluding hydrogens is 331 g/mol. The maximum absolute atomic E-state index is 5.94. The third-order valence-corrected chi connectivity index (χ3v) is 4.54. The third-order valence-electron chi connectivity index (χ3n) is 1.86. The molecule has 0 fully saturated rings. The van der Waals surface area contributed by atoms with Gasteiger partial charge in [-0.05, 0) is 34.1 Å². The average Bonchev–Trinajstić information content (AvgIpc) is 2.56. The first kappa shape index (κ1) is 12.2. The molecule has 0 spiro atoms. The lowest BCUT2D eigenvalue weighted by Gasteiger charge is -2.03. The average molecular weight is 338 g/mol. The minimum Gasteiger partial charge on any atom is -0.365 e. The minimum absolute atomic E-state index is 0.482. The molecular formula is C10H7BrCl2N2S. The summed E-state index contributed by atoms with van der Waals surface area (Å²) < 4.78 is 1.69. The summed E-state index contributed by atoms with van der Waals surface area (Å²) in [6.07, 6.45) is 0. The molecule has 2 aromatic rings. The smallest absolute Gasteiger partial charge is 0.131 e. The molecule has 0 unspecified atom stereocenters. The van der Waals surface area contributed by atoms with Gasteiger partial charge in [-0.15, -0.1) is 11.3 Å². The van der Waals surface area contributed by atoms with Crippen molar-refractivity contribution in [1.29, 1.82) is 0 Å². The SMILES string of the molecule is Clc1cccc(NCc2cc(Br)c(Cl)s2)n1. The Balaban J connectivity index is 2.02. The highest BCUT2D eigenvalue weighted by Gasteiger charge is 2.04. The molecule has 0 atom stereocenters. The van der Waals surface area contributed by atoms with Crippen LogP contribution in [-0.4, -0.2) is 4.98 Å². The summed E-state index contributed by atoms with van der Waals surface area (Å²) in [6, 6.07) is 7.46. The van der Waals surface area contributed by atoms with E-state index < -0.39 is 0 Å². The molecule has 2 heterocycles. The van der Waals surface area contributed by atoms with Crippen molar-refractivity contribution < 1.29 is 0 Å². The molecule has 0 radical (unpaired) electrons. The Morgan fingerprint density at radius 2 is 2.19 bits per heavy atom. The zero-order chi connectivity index (χ0) is 11.5. The number of hydrogen-bond acceptors (Lipinski definition) is 3. The molecule has 0 saturated carbocycles. The predicted octanol–water partition coefficient (Wildman–Crippen LogP) is 4.82. The molecule has 0 bridgehead atoms. The molecule has 2 aromatic heterocycles. The third kappa shape index (κ3) is 3.10. The van der Waals surface area contributed by atoms with Crippen LogP contribution in [0.4, 0.5) is 5.82 Å². The molecule has 0 amide bonds. The maximum atomic E-state index is 5.94. The Hall–Kier alpha value is -0.290. The second kappa shape index (κ2) is 5.36. The number of anilines is 1. The van der Waals surface area contributed by atoms with Crippen molar-refractivity contribution in [1.82, 2.24) is 4.98 Å². The van der Waals surface area contributed by atoms with Crippen LogP contribution in [0.5, 0.6) is 0 Å². The minimum atomic E-state index is 0.482.